The van der Waals surface area contributed by atoms with Crippen molar-refractivity contribution in [3.05, 3.63) is 112 Å². The maximum absolute atomic E-state index is 13.1. The first-order valence-corrected chi connectivity index (χ1v) is 9.36. The molecule has 1 amide bonds. The Morgan fingerprint density at radius 1 is 0.903 bits per heavy atom. The Balaban J connectivity index is 1.63. The second-order valence-electron chi connectivity index (χ2n) is 6.66. The lowest BCUT2D eigenvalue weighted by atomic mass is 10.1. The number of benzene rings is 3. The number of hydrogen-bond acceptors (Lipinski definition) is 5. The molecule has 154 valence electrons. The summed E-state index contributed by atoms with van der Waals surface area (Å²) in [6.45, 7) is 0. The van der Waals surface area contributed by atoms with Crippen molar-refractivity contribution in [3.63, 3.8) is 0 Å². The molecule has 4 aromatic rings. The first-order valence-electron chi connectivity index (χ1n) is 9.36. The fourth-order valence-electron chi connectivity index (χ4n) is 3.01. The summed E-state index contributed by atoms with van der Waals surface area (Å²) in [5.74, 6) is -2.38. The second-order valence-corrected chi connectivity index (χ2v) is 6.66. The minimum atomic E-state index is -1.32. The number of esters is 1. The smallest absolute Gasteiger partial charge is 0.375 e. The van der Waals surface area contributed by atoms with Crippen LogP contribution in [0, 0.1) is 5.82 Å². The van der Waals surface area contributed by atoms with Crippen LogP contribution in [0.4, 0.5) is 10.1 Å². The highest BCUT2D eigenvalue weighted by Crippen LogP contribution is 2.22. The minimum Gasteiger partial charge on any atom is -0.449 e. The van der Waals surface area contributed by atoms with Gasteiger partial charge in [0, 0.05) is 17.3 Å². The monoisotopic (exact) mass is 417 g/mol. The summed E-state index contributed by atoms with van der Waals surface area (Å²) in [6, 6.07) is 21.1. The van der Waals surface area contributed by atoms with Crippen LogP contribution in [-0.2, 0) is 9.53 Å². The topological polar surface area (TPSA) is 85.6 Å². The van der Waals surface area contributed by atoms with E-state index in [-0.39, 0.29) is 11.3 Å². The Hall–Kier alpha value is -4.26. The van der Waals surface area contributed by atoms with Crippen molar-refractivity contribution in [2.75, 3.05) is 5.32 Å². The van der Waals surface area contributed by atoms with E-state index in [0.717, 1.165) is 6.07 Å². The molecule has 1 aromatic heterocycles. The number of para-hydroxylation sites is 1. The van der Waals surface area contributed by atoms with E-state index in [2.05, 4.69) is 5.32 Å². The zero-order valence-corrected chi connectivity index (χ0v) is 16.1. The van der Waals surface area contributed by atoms with Gasteiger partial charge in [0.15, 0.2) is 5.43 Å². The minimum absolute atomic E-state index is 0.231. The van der Waals surface area contributed by atoms with Gasteiger partial charge in [-0.05, 0) is 36.4 Å². The lowest BCUT2D eigenvalue weighted by Gasteiger charge is -2.18. The van der Waals surface area contributed by atoms with E-state index in [1.54, 1.807) is 54.6 Å². The number of fused-ring (bicyclic) bond motifs is 1. The van der Waals surface area contributed by atoms with Crippen molar-refractivity contribution < 1.29 is 23.1 Å². The maximum atomic E-state index is 13.1. The number of amides is 1. The molecule has 0 aliphatic rings. The Kier molecular flexibility index (Phi) is 5.57. The number of ether oxygens (including phenoxy) is 1. The van der Waals surface area contributed by atoms with Gasteiger partial charge in [-0.25, -0.2) is 9.18 Å². The third-order valence-corrected chi connectivity index (χ3v) is 4.51. The third-order valence-electron chi connectivity index (χ3n) is 4.51. The summed E-state index contributed by atoms with van der Waals surface area (Å²) >= 11 is 0. The van der Waals surface area contributed by atoms with E-state index >= 15 is 0 Å². The number of anilines is 1. The van der Waals surface area contributed by atoms with Gasteiger partial charge >= 0.3 is 5.97 Å². The molecule has 3 aromatic carbocycles. The molecule has 1 N–H and O–H groups in total. The molecular weight excluding hydrogens is 401 g/mol. The molecule has 1 atom stereocenters. The van der Waals surface area contributed by atoms with E-state index < -0.39 is 29.2 Å². The molecule has 1 heterocycles. The Morgan fingerprint density at radius 3 is 2.32 bits per heavy atom. The van der Waals surface area contributed by atoms with Crippen LogP contribution in [-0.4, -0.2) is 11.9 Å². The molecule has 0 aliphatic carbocycles. The van der Waals surface area contributed by atoms with Crippen molar-refractivity contribution in [1.82, 2.24) is 0 Å². The standard InChI is InChI=1S/C24H16FNO5/c25-16-10-12-17(13-11-16)26-23(28)22(15-6-2-1-3-7-15)31-24(29)21-14-19(27)18-8-4-5-9-20(18)30-21/h1-14,22H,(H,26,28). The van der Waals surface area contributed by atoms with Crippen LogP contribution < -0.4 is 10.7 Å². The number of carbonyl (C=O) groups is 2. The Morgan fingerprint density at radius 2 is 1.58 bits per heavy atom. The fourth-order valence-corrected chi connectivity index (χ4v) is 3.01. The number of hydrogen-bond donors (Lipinski definition) is 1. The van der Waals surface area contributed by atoms with E-state index in [4.69, 9.17) is 9.15 Å². The lowest BCUT2D eigenvalue weighted by Crippen LogP contribution is -2.26. The zero-order chi connectivity index (χ0) is 21.8. The van der Waals surface area contributed by atoms with Gasteiger partial charge in [-0.1, -0.05) is 42.5 Å². The van der Waals surface area contributed by atoms with E-state index in [1.165, 1.54) is 24.3 Å². The molecule has 0 spiro atoms. The maximum Gasteiger partial charge on any atom is 0.375 e. The average molecular weight is 417 g/mol. The van der Waals surface area contributed by atoms with Crippen molar-refractivity contribution in [1.29, 1.82) is 0 Å². The highest BCUT2D eigenvalue weighted by molar-refractivity contribution is 5.97. The number of halogens is 1. The number of rotatable bonds is 5. The normalized spacial score (nSPS) is 11.6. The molecule has 7 heteroatoms. The van der Waals surface area contributed by atoms with Gasteiger partial charge in [0.1, 0.15) is 11.4 Å². The highest BCUT2D eigenvalue weighted by atomic mass is 19.1. The molecule has 0 fully saturated rings. The van der Waals surface area contributed by atoms with Crippen molar-refractivity contribution >= 4 is 28.5 Å². The van der Waals surface area contributed by atoms with Crippen LogP contribution in [0.5, 0.6) is 0 Å². The van der Waals surface area contributed by atoms with Crippen LogP contribution in [0.3, 0.4) is 0 Å². The second kappa shape index (κ2) is 8.62. The molecule has 1 unspecified atom stereocenters. The molecule has 0 bridgehead atoms. The van der Waals surface area contributed by atoms with Crippen LogP contribution in [0.25, 0.3) is 11.0 Å². The number of carbonyl (C=O) groups excluding carboxylic acids is 2. The predicted molar refractivity (Wildman–Crippen MR) is 112 cm³/mol. The largest absolute Gasteiger partial charge is 0.449 e. The van der Waals surface area contributed by atoms with Crippen molar-refractivity contribution in [2.24, 2.45) is 0 Å². The summed E-state index contributed by atoms with van der Waals surface area (Å²) in [5, 5.41) is 2.92. The van der Waals surface area contributed by atoms with Crippen LogP contribution in [0.1, 0.15) is 22.2 Å². The summed E-state index contributed by atoms with van der Waals surface area (Å²) in [7, 11) is 0. The summed E-state index contributed by atoms with van der Waals surface area (Å²) in [6.07, 6.45) is -1.32. The first kappa shape index (κ1) is 20.0. The fraction of sp³-hybridized carbons (Fsp3) is 0.0417. The van der Waals surface area contributed by atoms with Gasteiger partial charge in [0.25, 0.3) is 5.91 Å². The zero-order valence-electron chi connectivity index (χ0n) is 16.1. The van der Waals surface area contributed by atoms with Crippen molar-refractivity contribution in [2.45, 2.75) is 6.10 Å². The van der Waals surface area contributed by atoms with E-state index in [9.17, 15) is 18.8 Å². The predicted octanol–water partition coefficient (Wildman–Crippen LogP) is 4.47. The van der Waals surface area contributed by atoms with Gasteiger partial charge in [0.05, 0.1) is 5.39 Å². The van der Waals surface area contributed by atoms with Gasteiger partial charge in [-0.3, -0.25) is 9.59 Å². The molecule has 4 rings (SSSR count). The SMILES string of the molecule is O=C(OC(C(=O)Nc1ccc(F)cc1)c1ccccc1)c1cc(=O)c2ccccc2o1. The van der Waals surface area contributed by atoms with Crippen LogP contribution >= 0.6 is 0 Å². The van der Waals surface area contributed by atoms with E-state index in [1.807, 2.05) is 0 Å². The van der Waals surface area contributed by atoms with Gasteiger partial charge < -0.3 is 14.5 Å². The first-order chi connectivity index (χ1) is 15.0. The van der Waals surface area contributed by atoms with Crippen LogP contribution in [0.15, 0.2) is 94.1 Å². The summed E-state index contributed by atoms with van der Waals surface area (Å²) in [4.78, 5) is 37.9. The molecule has 31 heavy (non-hydrogen) atoms. The molecular formula is C24H16FNO5. The number of nitrogens with one attached hydrogen (secondary N) is 1. The van der Waals surface area contributed by atoms with Gasteiger partial charge in [-0.2, -0.15) is 0 Å². The lowest BCUT2D eigenvalue weighted by molar-refractivity contribution is -0.125. The molecule has 0 radical (unpaired) electrons. The van der Waals surface area contributed by atoms with Gasteiger partial charge in [0.2, 0.25) is 11.9 Å². The Labute approximate surface area is 175 Å². The van der Waals surface area contributed by atoms with Crippen molar-refractivity contribution in [3.8, 4) is 0 Å². The quantitative estimate of drug-likeness (QED) is 0.484. The average Bonchev–Trinajstić information content (AvgIpc) is 2.79. The molecule has 0 aliphatic heterocycles. The van der Waals surface area contributed by atoms with Crippen LogP contribution in [0.2, 0.25) is 0 Å². The Bertz CT molecular complexity index is 1300. The molecule has 0 saturated carbocycles. The summed E-state index contributed by atoms with van der Waals surface area (Å²) < 4.78 is 24.1. The van der Waals surface area contributed by atoms with Gasteiger partial charge in [-0.15, -0.1) is 0 Å². The van der Waals surface area contributed by atoms with E-state index in [0.29, 0.717) is 16.6 Å². The summed E-state index contributed by atoms with van der Waals surface area (Å²) in [5.41, 5.74) is 0.578. The third kappa shape index (κ3) is 4.51. The molecule has 6 nitrogen and oxygen atoms in total. The highest BCUT2D eigenvalue weighted by Gasteiger charge is 2.27. The molecule has 0 saturated heterocycles.